The van der Waals surface area contributed by atoms with Gasteiger partial charge in [-0.3, -0.25) is 24.6 Å². The Morgan fingerprint density at radius 3 is 2.67 bits per heavy atom. The minimum atomic E-state index is -4.23. The number of hydrogen-bond acceptors (Lipinski definition) is 11. The number of amides is 2. The molecule has 36 heavy (non-hydrogen) atoms. The Kier molecular flexibility index (Phi) is 8.14. The number of anilines is 1. The molecular formula is C19H28N7O9P. The molecular weight excluding hydrogens is 501 g/mol. The lowest BCUT2D eigenvalue weighted by atomic mass is 10.1. The van der Waals surface area contributed by atoms with Crippen LogP contribution >= 0.6 is 7.60 Å². The van der Waals surface area contributed by atoms with Crippen molar-refractivity contribution in [2.45, 2.75) is 56.3 Å². The summed E-state index contributed by atoms with van der Waals surface area (Å²) in [6, 6.07) is -0.322. The number of ether oxygens (including phenoxy) is 1. The Hall–Kier alpha value is -2.72. The molecule has 2 aromatic rings. The molecule has 0 aromatic carbocycles. The number of imidazole rings is 1. The second kappa shape index (κ2) is 11.1. The Balaban J connectivity index is 1.41. The smallest absolute Gasteiger partial charge is 0.341 e. The van der Waals surface area contributed by atoms with Gasteiger partial charge in [0.15, 0.2) is 23.2 Å². The molecule has 2 aliphatic rings. The number of hydrogen-bond donors (Lipinski definition) is 7. The summed E-state index contributed by atoms with van der Waals surface area (Å²) in [5.74, 6) is -1.06. The van der Waals surface area contributed by atoms with Crippen LogP contribution in [0, 0.1) is 0 Å². The van der Waals surface area contributed by atoms with Gasteiger partial charge in [-0.2, -0.15) is 0 Å². The highest BCUT2D eigenvalue weighted by molar-refractivity contribution is 7.52. The van der Waals surface area contributed by atoms with Crippen LogP contribution in [0.2, 0.25) is 0 Å². The van der Waals surface area contributed by atoms with Gasteiger partial charge in [-0.05, 0) is 12.8 Å². The summed E-state index contributed by atoms with van der Waals surface area (Å²) in [4.78, 5) is 45.1. The number of aromatic nitrogens is 4. The van der Waals surface area contributed by atoms with Gasteiger partial charge in [0.2, 0.25) is 0 Å². The zero-order chi connectivity index (χ0) is 25.9. The van der Waals surface area contributed by atoms with Crippen molar-refractivity contribution in [2.24, 2.45) is 0 Å². The second-order valence-electron chi connectivity index (χ2n) is 8.58. The average molecular weight is 529 g/mol. The van der Waals surface area contributed by atoms with E-state index in [9.17, 15) is 29.3 Å². The van der Waals surface area contributed by atoms with Gasteiger partial charge in [-0.1, -0.05) is 12.8 Å². The first-order valence-electron chi connectivity index (χ1n) is 11.3. The van der Waals surface area contributed by atoms with Crippen molar-refractivity contribution < 1.29 is 43.6 Å². The van der Waals surface area contributed by atoms with Crippen LogP contribution in [0.25, 0.3) is 11.2 Å². The van der Waals surface area contributed by atoms with Crippen molar-refractivity contribution in [1.82, 2.24) is 30.2 Å². The highest BCUT2D eigenvalue weighted by Crippen LogP contribution is 2.42. The Labute approximate surface area is 204 Å². The van der Waals surface area contributed by atoms with Crippen LogP contribution in [0.5, 0.6) is 0 Å². The topological polar surface area (TPSA) is 230 Å². The predicted molar refractivity (Wildman–Crippen MR) is 122 cm³/mol. The maximum absolute atomic E-state index is 12.4. The summed E-state index contributed by atoms with van der Waals surface area (Å²) < 4.78 is 24.0. The molecule has 3 heterocycles. The summed E-state index contributed by atoms with van der Waals surface area (Å²) in [6.45, 7) is -1.08. The number of nitrogens with zero attached hydrogens (tertiary/aromatic N) is 4. The van der Waals surface area contributed by atoms with E-state index in [0.29, 0.717) is 0 Å². The number of aliphatic hydroxyl groups is 2. The van der Waals surface area contributed by atoms with Crippen molar-refractivity contribution in [2.75, 3.05) is 24.8 Å². The summed E-state index contributed by atoms with van der Waals surface area (Å²) in [5.41, 5.74) is 0.443. The third-order valence-electron chi connectivity index (χ3n) is 5.92. The number of carboxylic acids is 1. The molecule has 0 radical (unpaired) electrons. The van der Waals surface area contributed by atoms with E-state index in [1.54, 1.807) is 0 Å². The molecule has 198 valence electrons. The van der Waals surface area contributed by atoms with E-state index in [2.05, 4.69) is 30.9 Å². The van der Waals surface area contributed by atoms with Crippen molar-refractivity contribution in [3.8, 4) is 0 Å². The largest absolute Gasteiger partial charge is 0.480 e. The van der Waals surface area contributed by atoms with Gasteiger partial charge < -0.3 is 34.8 Å². The van der Waals surface area contributed by atoms with Crippen LogP contribution in [0.4, 0.5) is 10.6 Å². The molecule has 7 N–H and O–H groups in total. The highest BCUT2D eigenvalue weighted by Gasteiger charge is 2.45. The Morgan fingerprint density at radius 2 is 1.94 bits per heavy atom. The minimum Gasteiger partial charge on any atom is -0.480 e. The van der Waals surface area contributed by atoms with E-state index in [4.69, 9.17) is 14.4 Å². The third-order valence-corrected chi connectivity index (χ3v) is 7.10. The average Bonchev–Trinajstić information content (AvgIpc) is 3.54. The minimum absolute atomic E-state index is 0.102. The van der Waals surface area contributed by atoms with E-state index in [1.807, 2.05) is 0 Å². The van der Waals surface area contributed by atoms with Crippen molar-refractivity contribution in [3.63, 3.8) is 0 Å². The van der Waals surface area contributed by atoms with Crippen LogP contribution in [-0.2, 0) is 18.6 Å². The summed E-state index contributed by atoms with van der Waals surface area (Å²) >= 11 is 0. The van der Waals surface area contributed by atoms with E-state index < -0.39 is 63.6 Å². The monoisotopic (exact) mass is 529 g/mol. The number of urea groups is 1. The molecule has 1 saturated heterocycles. The zero-order valence-electron chi connectivity index (χ0n) is 19.1. The molecule has 2 amide bonds. The number of rotatable bonds is 10. The lowest BCUT2D eigenvalue weighted by Crippen LogP contribution is -2.36. The number of aliphatic hydroxyl groups excluding tert-OH is 2. The first kappa shape index (κ1) is 26.3. The van der Waals surface area contributed by atoms with Crippen LogP contribution in [0.3, 0.4) is 0 Å². The van der Waals surface area contributed by atoms with Gasteiger partial charge in [-0.25, -0.2) is 19.7 Å². The van der Waals surface area contributed by atoms with Gasteiger partial charge in [0.1, 0.15) is 24.6 Å². The molecule has 1 aliphatic heterocycles. The van der Waals surface area contributed by atoms with E-state index >= 15 is 0 Å². The SMILES string of the molecule is O=C(O)CNCP(=O)(O)OC[C@H]1O[C@@H](n2cnc3c(NC(=O)NC4CCCC4)ncnc32)C(O)C1O. The summed E-state index contributed by atoms with van der Waals surface area (Å²) in [5, 5.41) is 37.3. The molecule has 2 aromatic heterocycles. The number of fused-ring (bicyclic) bond motifs is 1. The van der Waals surface area contributed by atoms with Gasteiger partial charge >= 0.3 is 19.6 Å². The fourth-order valence-electron chi connectivity index (χ4n) is 4.17. The zero-order valence-corrected chi connectivity index (χ0v) is 20.0. The standard InChI is InChI=1S/C19H28N7O9P/c27-12(28)5-20-9-36(32,33)34-6-11-14(29)15(30)18(35-11)26-8-23-13-16(21-7-22-17(13)26)25-19(31)24-10-3-1-2-4-10/h7-8,10-11,14-15,18,20,29-30H,1-6,9H2,(H,27,28)(H,32,33)(H2,21,22,24,25,31)/t11-,14?,15?,18-/m1/s1. The number of carboxylic acid groups (broad SMARTS) is 1. The molecule has 4 rings (SSSR count). The van der Waals surface area contributed by atoms with E-state index in [1.165, 1.54) is 17.2 Å². The number of nitrogens with one attached hydrogen (secondary N) is 3. The van der Waals surface area contributed by atoms with Gasteiger partial charge in [0.25, 0.3) is 0 Å². The maximum atomic E-state index is 12.4. The summed E-state index contributed by atoms with van der Waals surface area (Å²) in [6.07, 6.45) is 0.542. The first-order valence-corrected chi connectivity index (χ1v) is 13.1. The van der Waals surface area contributed by atoms with Crippen molar-refractivity contribution in [1.29, 1.82) is 0 Å². The fourth-order valence-corrected chi connectivity index (χ4v) is 5.03. The van der Waals surface area contributed by atoms with E-state index in [-0.39, 0.29) is 23.0 Å². The Bertz CT molecular complexity index is 1140. The molecule has 1 saturated carbocycles. The number of carbonyl (C=O) groups excluding carboxylic acids is 1. The first-order chi connectivity index (χ1) is 17.1. The quantitative estimate of drug-likeness (QED) is 0.190. The molecule has 1 aliphatic carbocycles. The van der Waals surface area contributed by atoms with Crippen LogP contribution in [0.15, 0.2) is 12.7 Å². The molecule has 0 spiro atoms. The predicted octanol–water partition coefficient (Wildman–Crippen LogP) is -0.657. The van der Waals surface area contributed by atoms with Crippen LogP contribution < -0.4 is 16.0 Å². The molecule has 0 bridgehead atoms. The number of carbonyl (C=O) groups is 2. The van der Waals surface area contributed by atoms with Crippen LogP contribution in [-0.4, -0.2) is 95.5 Å². The third kappa shape index (κ3) is 6.15. The normalized spacial score (nSPS) is 26.2. The van der Waals surface area contributed by atoms with Crippen LogP contribution in [0.1, 0.15) is 31.9 Å². The van der Waals surface area contributed by atoms with Crippen molar-refractivity contribution in [3.05, 3.63) is 12.7 Å². The molecule has 5 atom stereocenters. The van der Waals surface area contributed by atoms with Gasteiger partial charge in [0.05, 0.1) is 25.8 Å². The number of aliphatic carboxylic acids is 1. The van der Waals surface area contributed by atoms with Crippen molar-refractivity contribution >= 4 is 36.6 Å². The highest BCUT2D eigenvalue weighted by atomic mass is 31.2. The molecule has 3 unspecified atom stereocenters. The van der Waals surface area contributed by atoms with E-state index in [0.717, 1.165) is 25.7 Å². The fraction of sp³-hybridized carbons (Fsp3) is 0.632. The van der Waals surface area contributed by atoms with Gasteiger partial charge in [0, 0.05) is 6.04 Å². The lowest BCUT2D eigenvalue weighted by molar-refractivity contribution is -0.135. The lowest BCUT2D eigenvalue weighted by Gasteiger charge is -2.18. The van der Waals surface area contributed by atoms with Gasteiger partial charge in [-0.15, -0.1) is 0 Å². The molecule has 16 nitrogen and oxygen atoms in total. The second-order valence-corrected chi connectivity index (χ2v) is 10.4. The Morgan fingerprint density at radius 1 is 1.19 bits per heavy atom. The molecule has 2 fully saturated rings. The summed E-state index contributed by atoms with van der Waals surface area (Å²) in [7, 11) is -4.23. The maximum Gasteiger partial charge on any atom is 0.341 e. The molecule has 17 heteroatoms.